The number of anilines is 1. The summed E-state index contributed by atoms with van der Waals surface area (Å²) in [5.41, 5.74) is 3.11. The summed E-state index contributed by atoms with van der Waals surface area (Å²) in [7, 11) is 0. The zero-order valence-electron chi connectivity index (χ0n) is 12.9. The van der Waals surface area contributed by atoms with E-state index < -0.39 is 0 Å². The van der Waals surface area contributed by atoms with Gasteiger partial charge >= 0.3 is 0 Å². The molecule has 0 amide bonds. The second-order valence-corrected chi connectivity index (χ2v) is 4.67. The van der Waals surface area contributed by atoms with Crippen molar-refractivity contribution in [3.8, 4) is 5.75 Å². The minimum absolute atomic E-state index is 0.575. The molecule has 0 aliphatic carbocycles. The highest BCUT2D eigenvalue weighted by atomic mass is 16.5. The third kappa shape index (κ3) is 4.15. The molecule has 0 fully saturated rings. The van der Waals surface area contributed by atoms with Gasteiger partial charge in [0.05, 0.1) is 18.0 Å². The lowest BCUT2D eigenvalue weighted by atomic mass is 10.2. The fourth-order valence-electron chi connectivity index (χ4n) is 2.11. The molecule has 5 heteroatoms. The molecule has 112 valence electrons. The van der Waals surface area contributed by atoms with E-state index >= 15 is 0 Å². The molecule has 1 N–H and O–H groups in total. The Morgan fingerprint density at radius 2 is 1.86 bits per heavy atom. The molecule has 5 nitrogen and oxygen atoms in total. The summed E-state index contributed by atoms with van der Waals surface area (Å²) in [6.07, 6.45) is 1.73. The van der Waals surface area contributed by atoms with Gasteiger partial charge in [0.1, 0.15) is 5.75 Å². The summed E-state index contributed by atoms with van der Waals surface area (Å²) in [6, 6.07) is 8.00. The molecule has 0 radical (unpaired) electrons. The molecule has 2 rings (SSSR count). The monoisotopic (exact) mass is 286 g/mol. The van der Waals surface area contributed by atoms with Crippen molar-refractivity contribution in [3.05, 3.63) is 41.2 Å². The third-order valence-corrected chi connectivity index (χ3v) is 3.17. The second-order valence-electron chi connectivity index (χ2n) is 4.67. The Hall–Kier alpha value is -2.17. The van der Waals surface area contributed by atoms with Gasteiger partial charge in [-0.05, 0) is 37.5 Å². The fraction of sp³-hybridized carbons (Fsp3) is 0.438. The van der Waals surface area contributed by atoms with E-state index in [0.29, 0.717) is 19.1 Å². The van der Waals surface area contributed by atoms with Crippen molar-refractivity contribution in [2.45, 2.75) is 40.2 Å². The van der Waals surface area contributed by atoms with Gasteiger partial charge < -0.3 is 10.1 Å². The molecule has 1 aromatic heterocycles. The predicted octanol–water partition coefficient (Wildman–Crippen LogP) is 3.01. The Bertz CT molecular complexity index is 586. The quantitative estimate of drug-likeness (QED) is 0.848. The molecule has 0 bridgehead atoms. The van der Waals surface area contributed by atoms with Crippen molar-refractivity contribution in [1.82, 2.24) is 15.2 Å². The van der Waals surface area contributed by atoms with Gasteiger partial charge in [0, 0.05) is 6.54 Å². The van der Waals surface area contributed by atoms with Crippen LogP contribution in [-0.2, 0) is 19.4 Å². The Morgan fingerprint density at radius 1 is 1.05 bits per heavy atom. The van der Waals surface area contributed by atoms with Gasteiger partial charge in [-0.1, -0.05) is 26.0 Å². The Labute approximate surface area is 125 Å². The minimum Gasteiger partial charge on any atom is -0.494 e. The van der Waals surface area contributed by atoms with Crippen molar-refractivity contribution >= 4 is 5.95 Å². The molecule has 1 heterocycles. The van der Waals surface area contributed by atoms with Crippen LogP contribution in [0.2, 0.25) is 0 Å². The smallest absolute Gasteiger partial charge is 0.243 e. The number of benzene rings is 1. The van der Waals surface area contributed by atoms with Gasteiger partial charge in [-0.25, -0.2) is 4.98 Å². The second kappa shape index (κ2) is 7.57. The van der Waals surface area contributed by atoms with Crippen LogP contribution in [0.5, 0.6) is 5.75 Å². The topological polar surface area (TPSA) is 59.9 Å². The maximum absolute atomic E-state index is 5.49. The SMILES string of the molecule is CCOc1cccc(CNc2nnc(CC)c(CC)n2)c1. The van der Waals surface area contributed by atoms with E-state index in [1.807, 2.05) is 31.2 Å². The van der Waals surface area contributed by atoms with Crippen LogP contribution in [0.4, 0.5) is 5.95 Å². The largest absolute Gasteiger partial charge is 0.494 e. The first-order valence-electron chi connectivity index (χ1n) is 7.44. The van der Waals surface area contributed by atoms with Crippen LogP contribution in [0.3, 0.4) is 0 Å². The van der Waals surface area contributed by atoms with Gasteiger partial charge in [0.2, 0.25) is 5.95 Å². The lowest BCUT2D eigenvalue weighted by Crippen LogP contribution is -2.09. The van der Waals surface area contributed by atoms with Crippen LogP contribution in [0, 0.1) is 0 Å². The third-order valence-electron chi connectivity index (χ3n) is 3.17. The molecule has 21 heavy (non-hydrogen) atoms. The molecule has 0 saturated carbocycles. The number of ether oxygens (including phenoxy) is 1. The summed E-state index contributed by atoms with van der Waals surface area (Å²) < 4.78 is 5.49. The molecular formula is C16H22N4O. The molecule has 0 aliphatic rings. The molecular weight excluding hydrogens is 264 g/mol. The van der Waals surface area contributed by atoms with Crippen molar-refractivity contribution in [3.63, 3.8) is 0 Å². The summed E-state index contributed by atoms with van der Waals surface area (Å²) in [4.78, 5) is 4.52. The maximum atomic E-state index is 5.49. The van der Waals surface area contributed by atoms with Crippen molar-refractivity contribution < 1.29 is 4.74 Å². The Kier molecular flexibility index (Phi) is 5.49. The highest BCUT2D eigenvalue weighted by molar-refractivity contribution is 5.32. The standard InChI is InChI=1S/C16H22N4O/c1-4-14-15(5-2)19-20-16(18-14)17-11-12-8-7-9-13(10-12)21-6-3/h7-10H,4-6,11H2,1-3H3,(H,17,18,20). The van der Waals surface area contributed by atoms with E-state index in [4.69, 9.17) is 4.74 Å². The number of aromatic nitrogens is 3. The first-order valence-corrected chi connectivity index (χ1v) is 7.44. The molecule has 2 aromatic rings. The summed E-state index contributed by atoms with van der Waals surface area (Å²) in [5.74, 6) is 1.46. The average molecular weight is 286 g/mol. The maximum Gasteiger partial charge on any atom is 0.243 e. The van der Waals surface area contributed by atoms with E-state index in [1.165, 1.54) is 0 Å². The van der Waals surface area contributed by atoms with Crippen LogP contribution in [0.25, 0.3) is 0 Å². The molecule has 1 aromatic carbocycles. The van der Waals surface area contributed by atoms with E-state index in [1.54, 1.807) is 0 Å². The van der Waals surface area contributed by atoms with Crippen LogP contribution < -0.4 is 10.1 Å². The van der Waals surface area contributed by atoms with Gasteiger partial charge in [0.25, 0.3) is 0 Å². The van der Waals surface area contributed by atoms with Crippen LogP contribution in [-0.4, -0.2) is 21.8 Å². The van der Waals surface area contributed by atoms with Crippen LogP contribution in [0.1, 0.15) is 37.7 Å². The van der Waals surface area contributed by atoms with Gasteiger partial charge in [-0.3, -0.25) is 0 Å². The number of rotatable bonds is 7. The first kappa shape index (κ1) is 15.2. The number of nitrogens with one attached hydrogen (secondary N) is 1. The fourth-order valence-corrected chi connectivity index (χ4v) is 2.11. The zero-order valence-corrected chi connectivity index (χ0v) is 12.9. The zero-order chi connectivity index (χ0) is 15.1. The highest BCUT2D eigenvalue weighted by Gasteiger charge is 2.06. The molecule has 0 saturated heterocycles. The van der Waals surface area contributed by atoms with Crippen LogP contribution in [0.15, 0.2) is 24.3 Å². The Balaban J connectivity index is 2.04. The van der Waals surface area contributed by atoms with Crippen molar-refractivity contribution in [2.75, 3.05) is 11.9 Å². The van der Waals surface area contributed by atoms with E-state index in [0.717, 1.165) is 35.5 Å². The number of hydrogen-bond acceptors (Lipinski definition) is 5. The number of hydrogen-bond donors (Lipinski definition) is 1. The molecule has 0 spiro atoms. The van der Waals surface area contributed by atoms with Crippen molar-refractivity contribution in [2.24, 2.45) is 0 Å². The highest BCUT2D eigenvalue weighted by Crippen LogP contribution is 2.14. The molecule has 0 unspecified atom stereocenters. The lowest BCUT2D eigenvalue weighted by Gasteiger charge is -2.09. The van der Waals surface area contributed by atoms with E-state index in [-0.39, 0.29) is 0 Å². The average Bonchev–Trinajstić information content (AvgIpc) is 2.53. The molecule has 0 atom stereocenters. The number of aryl methyl sites for hydroxylation is 2. The van der Waals surface area contributed by atoms with Gasteiger partial charge in [-0.2, -0.15) is 5.10 Å². The van der Waals surface area contributed by atoms with Gasteiger partial charge in [-0.15, -0.1) is 5.10 Å². The van der Waals surface area contributed by atoms with Gasteiger partial charge in [0.15, 0.2) is 0 Å². The van der Waals surface area contributed by atoms with E-state index in [2.05, 4.69) is 34.3 Å². The van der Waals surface area contributed by atoms with Crippen molar-refractivity contribution in [1.29, 1.82) is 0 Å². The summed E-state index contributed by atoms with van der Waals surface area (Å²) in [5, 5.41) is 11.6. The lowest BCUT2D eigenvalue weighted by molar-refractivity contribution is 0.340. The normalized spacial score (nSPS) is 10.4. The number of nitrogens with zero attached hydrogens (tertiary/aromatic N) is 3. The summed E-state index contributed by atoms with van der Waals surface area (Å²) >= 11 is 0. The van der Waals surface area contributed by atoms with Crippen LogP contribution >= 0.6 is 0 Å². The van der Waals surface area contributed by atoms with E-state index in [9.17, 15) is 0 Å². The predicted molar refractivity (Wildman–Crippen MR) is 83.5 cm³/mol. The first-order chi connectivity index (χ1) is 10.3. The minimum atomic E-state index is 0.575. The molecule has 0 aliphatic heterocycles. The Morgan fingerprint density at radius 3 is 2.57 bits per heavy atom. The summed E-state index contributed by atoms with van der Waals surface area (Å²) in [6.45, 7) is 7.45.